The number of halogens is 2. The largest absolute Gasteiger partial charge is 0.493 e. The van der Waals surface area contributed by atoms with Crippen LogP contribution in [0.2, 0.25) is 10.0 Å². The van der Waals surface area contributed by atoms with Crippen LogP contribution < -0.4 is 18.9 Å². The molecule has 0 N–H and O–H groups in total. The Labute approximate surface area is 206 Å². The second kappa shape index (κ2) is 11.3. The highest BCUT2D eigenvalue weighted by Gasteiger charge is 2.20. The lowest BCUT2D eigenvalue weighted by molar-refractivity contribution is 0.0733. The quantitative estimate of drug-likeness (QED) is 0.146. The van der Waals surface area contributed by atoms with E-state index >= 15 is 0 Å². The molecule has 0 unspecified atom stereocenters. The molecule has 0 aliphatic heterocycles. The molecule has 0 aliphatic carbocycles. The third kappa shape index (κ3) is 5.93. The van der Waals surface area contributed by atoms with Crippen molar-refractivity contribution in [3.8, 4) is 23.0 Å². The number of methoxy groups -OCH3 is 3. The van der Waals surface area contributed by atoms with Gasteiger partial charge in [0.05, 0.1) is 37.6 Å². The molecule has 0 spiro atoms. The van der Waals surface area contributed by atoms with Crippen molar-refractivity contribution < 1.29 is 23.7 Å². The maximum absolute atomic E-state index is 13.0. The minimum Gasteiger partial charge on any atom is -0.493 e. The number of carbonyl (C=O) groups is 1. The highest BCUT2D eigenvalue weighted by molar-refractivity contribution is 7.98. The standard InChI is InChI=1S/C24H21Cl2NO5S/c1-29-20-9-14(10-21(30-2)23(20)31-3)24(28)32-22-15(8-16(25)11-19(22)26)13-27-17-6-5-7-18(12-17)33-4/h5-13H,1-4H3. The Morgan fingerprint density at radius 3 is 2.24 bits per heavy atom. The van der Waals surface area contributed by atoms with Gasteiger partial charge in [0.25, 0.3) is 0 Å². The molecule has 33 heavy (non-hydrogen) atoms. The smallest absolute Gasteiger partial charge is 0.343 e. The first-order valence-corrected chi connectivity index (χ1v) is 11.6. The van der Waals surface area contributed by atoms with Crippen LogP contribution >= 0.6 is 35.0 Å². The lowest BCUT2D eigenvalue weighted by Gasteiger charge is -2.14. The Balaban J connectivity index is 1.97. The van der Waals surface area contributed by atoms with E-state index in [1.807, 2.05) is 30.5 Å². The molecule has 3 aromatic carbocycles. The number of carbonyl (C=O) groups excluding carboxylic acids is 1. The van der Waals surface area contributed by atoms with Crippen LogP contribution in [0.5, 0.6) is 23.0 Å². The summed E-state index contributed by atoms with van der Waals surface area (Å²) in [5, 5.41) is 0.550. The molecule has 0 aromatic heterocycles. The van der Waals surface area contributed by atoms with Gasteiger partial charge in [-0.1, -0.05) is 29.3 Å². The Kier molecular flexibility index (Phi) is 8.49. The van der Waals surface area contributed by atoms with Gasteiger partial charge < -0.3 is 18.9 Å². The van der Waals surface area contributed by atoms with Gasteiger partial charge in [-0.3, -0.25) is 4.99 Å². The molecule has 3 aromatic rings. The van der Waals surface area contributed by atoms with Crippen LogP contribution in [0.25, 0.3) is 0 Å². The number of esters is 1. The molecule has 3 rings (SSSR count). The van der Waals surface area contributed by atoms with Crippen LogP contribution in [0.15, 0.2) is 58.4 Å². The Bertz CT molecular complexity index is 1170. The Morgan fingerprint density at radius 1 is 0.939 bits per heavy atom. The van der Waals surface area contributed by atoms with Crippen molar-refractivity contribution in [3.63, 3.8) is 0 Å². The van der Waals surface area contributed by atoms with Crippen molar-refractivity contribution in [1.82, 2.24) is 0 Å². The van der Waals surface area contributed by atoms with E-state index in [4.69, 9.17) is 42.1 Å². The molecule has 0 fully saturated rings. The van der Waals surface area contributed by atoms with Crippen molar-refractivity contribution in [3.05, 3.63) is 69.7 Å². The van der Waals surface area contributed by atoms with Crippen molar-refractivity contribution in [1.29, 1.82) is 0 Å². The highest BCUT2D eigenvalue weighted by Crippen LogP contribution is 2.39. The lowest BCUT2D eigenvalue weighted by Crippen LogP contribution is -2.11. The predicted octanol–water partition coefficient (Wildman–Crippen LogP) is 6.71. The van der Waals surface area contributed by atoms with Gasteiger partial charge in [0.1, 0.15) is 0 Å². The van der Waals surface area contributed by atoms with E-state index in [9.17, 15) is 4.79 Å². The molecule has 0 heterocycles. The normalized spacial score (nSPS) is 10.8. The van der Waals surface area contributed by atoms with Gasteiger partial charge in [-0.05, 0) is 48.7 Å². The van der Waals surface area contributed by atoms with Gasteiger partial charge in [-0.2, -0.15) is 0 Å². The minimum absolute atomic E-state index is 0.129. The fraction of sp³-hybridized carbons (Fsp3) is 0.167. The summed E-state index contributed by atoms with van der Waals surface area (Å²) >= 11 is 14.2. The predicted molar refractivity (Wildman–Crippen MR) is 133 cm³/mol. The van der Waals surface area contributed by atoms with Gasteiger partial charge in [0.2, 0.25) is 5.75 Å². The van der Waals surface area contributed by atoms with Crippen molar-refractivity contribution >= 4 is 52.8 Å². The van der Waals surface area contributed by atoms with Crippen LogP contribution in [-0.4, -0.2) is 39.8 Å². The van der Waals surface area contributed by atoms with Crippen molar-refractivity contribution in [2.45, 2.75) is 4.90 Å². The molecule has 0 amide bonds. The van der Waals surface area contributed by atoms with Gasteiger partial charge in [-0.15, -0.1) is 11.8 Å². The zero-order chi connectivity index (χ0) is 24.0. The monoisotopic (exact) mass is 505 g/mol. The fourth-order valence-electron chi connectivity index (χ4n) is 2.97. The highest BCUT2D eigenvalue weighted by atomic mass is 35.5. The fourth-order valence-corrected chi connectivity index (χ4v) is 3.97. The zero-order valence-electron chi connectivity index (χ0n) is 18.3. The third-order valence-corrected chi connectivity index (χ3v) is 5.76. The molecule has 0 aliphatic rings. The van der Waals surface area contributed by atoms with Crippen LogP contribution in [0, 0.1) is 0 Å². The van der Waals surface area contributed by atoms with E-state index in [0.29, 0.717) is 27.8 Å². The number of benzene rings is 3. The zero-order valence-corrected chi connectivity index (χ0v) is 20.7. The van der Waals surface area contributed by atoms with Crippen LogP contribution in [-0.2, 0) is 0 Å². The average molecular weight is 506 g/mol. The number of rotatable bonds is 8. The summed E-state index contributed by atoms with van der Waals surface area (Å²) < 4.78 is 21.6. The number of thioether (sulfide) groups is 1. The molecule has 0 saturated carbocycles. The van der Waals surface area contributed by atoms with Crippen LogP contribution in [0.4, 0.5) is 5.69 Å². The minimum atomic E-state index is -0.669. The first kappa shape index (κ1) is 24.8. The van der Waals surface area contributed by atoms with E-state index in [1.54, 1.807) is 24.0 Å². The third-order valence-electron chi connectivity index (χ3n) is 4.54. The molecule has 0 bridgehead atoms. The topological polar surface area (TPSA) is 66.4 Å². The first-order chi connectivity index (χ1) is 15.9. The molecule has 6 nitrogen and oxygen atoms in total. The molecule has 0 atom stereocenters. The SMILES string of the molecule is COc1cc(C(=O)Oc2c(Cl)cc(Cl)cc2C=Nc2cccc(SC)c2)cc(OC)c1OC. The van der Waals surface area contributed by atoms with Gasteiger partial charge in [0, 0.05) is 21.7 Å². The molecule has 172 valence electrons. The summed E-state index contributed by atoms with van der Waals surface area (Å²) in [6.45, 7) is 0. The maximum atomic E-state index is 13.0. The number of hydrogen-bond acceptors (Lipinski definition) is 7. The number of aliphatic imine (C=N–C) groups is 1. The van der Waals surface area contributed by atoms with E-state index in [0.717, 1.165) is 10.6 Å². The average Bonchev–Trinajstić information content (AvgIpc) is 2.83. The summed E-state index contributed by atoms with van der Waals surface area (Å²) in [6, 6.07) is 13.8. The maximum Gasteiger partial charge on any atom is 0.343 e. The Hall–Kier alpha value is -2.87. The summed E-state index contributed by atoms with van der Waals surface area (Å²) in [5.74, 6) is 0.464. The van der Waals surface area contributed by atoms with Crippen LogP contribution in [0.3, 0.4) is 0 Å². The lowest BCUT2D eigenvalue weighted by atomic mass is 10.1. The van der Waals surface area contributed by atoms with Gasteiger partial charge in [-0.25, -0.2) is 4.79 Å². The second-order valence-corrected chi connectivity index (χ2v) is 8.29. The number of hydrogen-bond donors (Lipinski definition) is 0. The van der Waals surface area contributed by atoms with Crippen molar-refractivity contribution in [2.75, 3.05) is 27.6 Å². The second-order valence-electron chi connectivity index (χ2n) is 6.57. The molecule has 0 saturated heterocycles. The summed E-state index contributed by atoms with van der Waals surface area (Å²) in [5.41, 5.74) is 1.37. The summed E-state index contributed by atoms with van der Waals surface area (Å²) in [4.78, 5) is 18.5. The van der Waals surface area contributed by atoms with Crippen LogP contribution in [0.1, 0.15) is 15.9 Å². The number of nitrogens with zero attached hydrogens (tertiary/aromatic N) is 1. The molecular formula is C24H21Cl2NO5S. The van der Waals surface area contributed by atoms with Gasteiger partial charge >= 0.3 is 5.97 Å². The first-order valence-electron chi connectivity index (χ1n) is 9.59. The molecular weight excluding hydrogens is 485 g/mol. The number of ether oxygens (including phenoxy) is 4. The van der Waals surface area contributed by atoms with E-state index in [1.165, 1.54) is 39.5 Å². The van der Waals surface area contributed by atoms with Gasteiger partial charge in [0.15, 0.2) is 17.2 Å². The summed E-state index contributed by atoms with van der Waals surface area (Å²) in [7, 11) is 4.40. The van der Waals surface area contributed by atoms with E-state index in [2.05, 4.69) is 4.99 Å². The molecule has 0 radical (unpaired) electrons. The summed E-state index contributed by atoms with van der Waals surface area (Å²) in [6.07, 6.45) is 3.54. The Morgan fingerprint density at radius 2 is 1.64 bits per heavy atom. The molecule has 9 heteroatoms. The van der Waals surface area contributed by atoms with E-state index in [-0.39, 0.29) is 16.3 Å². The van der Waals surface area contributed by atoms with Crippen molar-refractivity contribution in [2.24, 2.45) is 4.99 Å². The van der Waals surface area contributed by atoms with E-state index < -0.39 is 5.97 Å².